The molecule has 6 heteroatoms. The summed E-state index contributed by atoms with van der Waals surface area (Å²) < 4.78 is 1.30. The van der Waals surface area contributed by atoms with Gasteiger partial charge >= 0.3 is 0 Å². The highest BCUT2D eigenvalue weighted by Gasteiger charge is 2.22. The van der Waals surface area contributed by atoms with Gasteiger partial charge in [0.25, 0.3) is 5.56 Å². The summed E-state index contributed by atoms with van der Waals surface area (Å²) in [5, 5.41) is 9.03. The Kier molecular flexibility index (Phi) is 5.57. The van der Waals surface area contributed by atoms with Crippen LogP contribution in [0, 0.1) is 19.8 Å². The molecule has 2 heterocycles. The molecular weight excluding hydrogens is 376 g/mol. The van der Waals surface area contributed by atoms with Gasteiger partial charge in [0.15, 0.2) is 5.82 Å². The number of benzene rings is 2. The first-order valence-electron chi connectivity index (χ1n) is 10.5. The molecule has 1 aliphatic rings. The van der Waals surface area contributed by atoms with E-state index < -0.39 is 0 Å². The van der Waals surface area contributed by atoms with Crippen LogP contribution in [0.25, 0.3) is 10.8 Å². The Hall–Kier alpha value is -3.15. The minimum Gasteiger partial charge on any atom is -0.354 e. The molecule has 1 aliphatic heterocycles. The van der Waals surface area contributed by atoms with E-state index in [-0.39, 0.29) is 18.0 Å². The molecule has 1 fully saturated rings. The lowest BCUT2D eigenvalue weighted by molar-refractivity contribution is -0.117. The molecule has 156 valence electrons. The van der Waals surface area contributed by atoms with Crippen LogP contribution in [0.15, 0.2) is 47.3 Å². The third-order valence-electron chi connectivity index (χ3n) is 5.98. The fourth-order valence-electron chi connectivity index (χ4n) is 4.15. The van der Waals surface area contributed by atoms with Gasteiger partial charge in [-0.25, -0.2) is 4.68 Å². The van der Waals surface area contributed by atoms with Crippen LogP contribution in [-0.2, 0) is 11.3 Å². The van der Waals surface area contributed by atoms with Crippen LogP contribution in [0.1, 0.15) is 30.9 Å². The first-order chi connectivity index (χ1) is 14.4. The molecule has 0 aliphatic carbocycles. The summed E-state index contributed by atoms with van der Waals surface area (Å²) in [7, 11) is 0. The highest BCUT2D eigenvalue weighted by molar-refractivity contribution is 5.93. The maximum Gasteiger partial charge on any atom is 0.275 e. The SMILES string of the molecule is Cc1cccc(NC(=O)Cn2nc(N3CCCC(C)C3)c3ccccc3c2=O)c1C. The number of anilines is 2. The van der Waals surface area contributed by atoms with Gasteiger partial charge in [0.1, 0.15) is 6.54 Å². The van der Waals surface area contributed by atoms with Crippen LogP contribution in [0.2, 0.25) is 0 Å². The molecule has 6 nitrogen and oxygen atoms in total. The van der Waals surface area contributed by atoms with Gasteiger partial charge in [0.2, 0.25) is 5.91 Å². The maximum atomic E-state index is 13.0. The number of hydrogen-bond donors (Lipinski definition) is 1. The molecule has 3 aromatic rings. The molecule has 1 atom stereocenters. The maximum absolute atomic E-state index is 13.0. The van der Waals surface area contributed by atoms with Crippen molar-refractivity contribution in [1.29, 1.82) is 0 Å². The van der Waals surface area contributed by atoms with E-state index in [9.17, 15) is 9.59 Å². The second-order valence-electron chi connectivity index (χ2n) is 8.32. The minimum absolute atomic E-state index is 0.118. The molecule has 1 aromatic heterocycles. The van der Waals surface area contributed by atoms with E-state index in [0.717, 1.165) is 47.5 Å². The molecule has 1 N–H and O–H groups in total. The van der Waals surface area contributed by atoms with E-state index in [1.807, 2.05) is 56.3 Å². The lowest BCUT2D eigenvalue weighted by atomic mass is 10.00. The van der Waals surface area contributed by atoms with Crippen LogP contribution in [0.5, 0.6) is 0 Å². The van der Waals surface area contributed by atoms with E-state index in [1.165, 1.54) is 11.1 Å². The number of carbonyl (C=O) groups is 1. The monoisotopic (exact) mass is 404 g/mol. The van der Waals surface area contributed by atoms with Crippen molar-refractivity contribution in [3.8, 4) is 0 Å². The summed E-state index contributed by atoms with van der Waals surface area (Å²) >= 11 is 0. The van der Waals surface area contributed by atoms with Crippen LogP contribution >= 0.6 is 0 Å². The van der Waals surface area contributed by atoms with Crippen molar-refractivity contribution in [3.63, 3.8) is 0 Å². The predicted octanol–water partition coefficient (Wildman–Crippen LogP) is 3.89. The van der Waals surface area contributed by atoms with Gasteiger partial charge in [-0.15, -0.1) is 0 Å². The highest BCUT2D eigenvalue weighted by atomic mass is 16.2. The average Bonchev–Trinajstić information content (AvgIpc) is 2.73. The zero-order chi connectivity index (χ0) is 21.3. The minimum atomic E-state index is -0.258. The first-order valence-corrected chi connectivity index (χ1v) is 10.5. The molecule has 0 radical (unpaired) electrons. The van der Waals surface area contributed by atoms with Gasteiger partial charge < -0.3 is 10.2 Å². The number of nitrogens with one attached hydrogen (secondary N) is 1. The molecule has 30 heavy (non-hydrogen) atoms. The molecule has 1 unspecified atom stereocenters. The Labute approximate surface area is 176 Å². The van der Waals surface area contributed by atoms with E-state index in [1.54, 1.807) is 0 Å². The van der Waals surface area contributed by atoms with Crippen molar-refractivity contribution in [2.45, 2.75) is 40.2 Å². The number of rotatable bonds is 4. The molecule has 0 bridgehead atoms. The van der Waals surface area contributed by atoms with Gasteiger partial charge in [-0.3, -0.25) is 9.59 Å². The number of fused-ring (bicyclic) bond motifs is 1. The lowest BCUT2D eigenvalue weighted by Gasteiger charge is -2.32. The summed E-state index contributed by atoms with van der Waals surface area (Å²) in [5.74, 6) is 1.11. The molecule has 0 saturated carbocycles. The Bertz CT molecular complexity index is 1150. The molecule has 4 rings (SSSR count). The van der Waals surface area contributed by atoms with E-state index in [0.29, 0.717) is 11.3 Å². The Balaban J connectivity index is 1.68. The first kappa shape index (κ1) is 20.1. The number of hydrogen-bond acceptors (Lipinski definition) is 4. The van der Waals surface area contributed by atoms with Gasteiger partial charge in [-0.05, 0) is 55.9 Å². The number of amides is 1. The average molecular weight is 405 g/mol. The Morgan fingerprint density at radius 1 is 1.13 bits per heavy atom. The smallest absolute Gasteiger partial charge is 0.275 e. The topological polar surface area (TPSA) is 67.2 Å². The molecule has 0 spiro atoms. The molecular formula is C24H28N4O2. The highest BCUT2D eigenvalue weighted by Crippen LogP contribution is 2.27. The molecule has 2 aromatic carbocycles. The summed E-state index contributed by atoms with van der Waals surface area (Å²) in [4.78, 5) is 28.0. The van der Waals surface area contributed by atoms with Gasteiger partial charge in [-0.1, -0.05) is 37.3 Å². The predicted molar refractivity (Wildman–Crippen MR) is 121 cm³/mol. The van der Waals surface area contributed by atoms with E-state index in [2.05, 4.69) is 22.2 Å². The van der Waals surface area contributed by atoms with Crippen molar-refractivity contribution in [3.05, 3.63) is 63.9 Å². The van der Waals surface area contributed by atoms with Gasteiger partial charge in [0.05, 0.1) is 5.39 Å². The van der Waals surface area contributed by atoms with Gasteiger partial charge in [-0.2, -0.15) is 5.10 Å². The number of carbonyl (C=O) groups excluding carboxylic acids is 1. The fourth-order valence-corrected chi connectivity index (χ4v) is 4.15. The molecule has 1 saturated heterocycles. The quantitative estimate of drug-likeness (QED) is 0.716. The lowest BCUT2D eigenvalue weighted by Crippen LogP contribution is -2.38. The fraction of sp³-hybridized carbons (Fsp3) is 0.375. The normalized spacial score (nSPS) is 16.6. The third kappa shape index (κ3) is 3.95. The van der Waals surface area contributed by atoms with Crippen molar-refractivity contribution in [2.75, 3.05) is 23.3 Å². The van der Waals surface area contributed by atoms with Crippen molar-refractivity contribution in [2.24, 2.45) is 5.92 Å². The number of aryl methyl sites for hydroxylation is 1. The Morgan fingerprint density at radius 3 is 2.67 bits per heavy atom. The van der Waals surface area contributed by atoms with Crippen LogP contribution in [-0.4, -0.2) is 28.8 Å². The zero-order valence-electron chi connectivity index (χ0n) is 17.8. The summed E-state index contributed by atoms with van der Waals surface area (Å²) in [6, 6.07) is 13.3. The van der Waals surface area contributed by atoms with Crippen molar-refractivity contribution < 1.29 is 4.79 Å². The Morgan fingerprint density at radius 2 is 1.90 bits per heavy atom. The van der Waals surface area contributed by atoms with Crippen LogP contribution in [0.4, 0.5) is 11.5 Å². The number of piperidine rings is 1. The number of aromatic nitrogens is 2. The van der Waals surface area contributed by atoms with Gasteiger partial charge in [0, 0.05) is 24.2 Å². The van der Waals surface area contributed by atoms with Crippen molar-refractivity contribution >= 4 is 28.2 Å². The zero-order valence-corrected chi connectivity index (χ0v) is 17.8. The largest absolute Gasteiger partial charge is 0.354 e. The number of nitrogens with zero attached hydrogens (tertiary/aromatic N) is 3. The molecule has 1 amide bonds. The summed E-state index contributed by atoms with van der Waals surface area (Å²) in [6.45, 7) is 7.92. The second-order valence-corrected chi connectivity index (χ2v) is 8.32. The van der Waals surface area contributed by atoms with E-state index >= 15 is 0 Å². The summed E-state index contributed by atoms with van der Waals surface area (Å²) in [6.07, 6.45) is 2.30. The van der Waals surface area contributed by atoms with Crippen molar-refractivity contribution in [1.82, 2.24) is 9.78 Å². The van der Waals surface area contributed by atoms with Crippen LogP contribution < -0.4 is 15.8 Å². The third-order valence-corrected chi connectivity index (χ3v) is 5.98. The van der Waals surface area contributed by atoms with Crippen LogP contribution in [0.3, 0.4) is 0 Å². The second kappa shape index (κ2) is 8.30. The van der Waals surface area contributed by atoms with E-state index in [4.69, 9.17) is 0 Å². The standard InChI is InChI=1S/C24H28N4O2/c1-16-8-7-13-27(14-16)23-19-10-4-5-11-20(19)24(30)28(26-23)15-22(29)25-21-12-6-9-17(2)18(21)3/h4-6,9-12,16H,7-8,13-15H2,1-3H3,(H,25,29). The summed E-state index contributed by atoms with van der Waals surface area (Å²) in [5.41, 5.74) is 2.65.